The fourth-order valence-electron chi connectivity index (χ4n) is 2.01. The highest BCUT2D eigenvalue weighted by Crippen LogP contribution is 2.20. The van der Waals surface area contributed by atoms with Crippen molar-refractivity contribution < 1.29 is 9.21 Å². The average Bonchev–Trinajstić information content (AvgIpc) is 2.82. The van der Waals surface area contributed by atoms with E-state index in [1.54, 1.807) is 0 Å². The van der Waals surface area contributed by atoms with E-state index in [4.69, 9.17) is 4.42 Å². The number of benzene rings is 2. The highest BCUT2D eigenvalue weighted by Gasteiger charge is 2.10. The van der Waals surface area contributed by atoms with Crippen molar-refractivity contribution in [2.24, 2.45) is 0 Å². The van der Waals surface area contributed by atoms with Crippen LogP contribution in [0, 0.1) is 0 Å². The maximum atomic E-state index is 12.0. The van der Waals surface area contributed by atoms with Crippen molar-refractivity contribution in [2.75, 3.05) is 0 Å². The molecule has 2 nitrogen and oxygen atoms in total. The molecule has 2 heteroatoms. The molecular formula is C16H12O2. The maximum Gasteiger partial charge on any atom is 0.170 e. The smallest absolute Gasteiger partial charge is 0.170 e. The Labute approximate surface area is 105 Å². The van der Waals surface area contributed by atoms with Gasteiger partial charge in [-0.1, -0.05) is 48.5 Å². The molecule has 1 heterocycles. The summed E-state index contributed by atoms with van der Waals surface area (Å²) in [6.45, 7) is 0. The minimum Gasteiger partial charge on any atom is -0.461 e. The molecule has 18 heavy (non-hydrogen) atoms. The van der Waals surface area contributed by atoms with Gasteiger partial charge in [0, 0.05) is 10.9 Å². The van der Waals surface area contributed by atoms with Crippen molar-refractivity contribution >= 4 is 16.8 Å². The zero-order valence-corrected chi connectivity index (χ0v) is 9.80. The summed E-state index contributed by atoms with van der Waals surface area (Å²) >= 11 is 0. The number of hydrogen-bond donors (Lipinski definition) is 0. The summed E-state index contributed by atoms with van der Waals surface area (Å²) in [6, 6.07) is 19.0. The molecule has 1 aromatic heterocycles. The average molecular weight is 236 g/mol. The van der Waals surface area contributed by atoms with Gasteiger partial charge in [-0.15, -0.1) is 0 Å². The molecule has 0 aliphatic rings. The lowest BCUT2D eigenvalue weighted by molar-refractivity contribution is 0.0987. The summed E-state index contributed by atoms with van der Waals surface area (Å²) in [4.78, 5) is 12.0. The molecule has 0 N–H and O–H groups in total. The van der Waals surface area contributed by atoms with Gasteiger partial charge in [0.05, 0.1) is 6.42 Å². The zero-order chi connectivity index (χ0) is 12.4. The van der Waals surface area contributed by atoms with Gasteiger partial charge in [-0.05, 0) is 12.1 Å². The highest BCUT2D eigenvalue weighted by molar-refractivity contribution is 5.97. The van der Waals surface area contributed by atoms with Crippen LogP contribution >= 0.6 is 0 Å². The molecule has 0 spiro atoms. The lowest BCUT2D eigenvalue weighted by Crippen LogP contribution is -2.01. The Balaban J connectivity index is 1.86. The minimum absolute atomic E-state index is 0.0784. The lowest BCUT2D eigenvalue weighted by Gasteiger charge is -1.97. The van der Waals surface area contributed by atoms with Crippen LogP contribution in [0.15, 0.2) is 65.1 Å². The van der Waals surface area contributed by atoms with Gasteiger partial charge in [0.1, 0.15) is 11.3 Å². The number of ketones is 1. The monoisotopic (exact) mass is 236 g/mol. The molecule has 0 unspecified atom stereocenters. The molecule has 0 atom stereocenters. The standard InChI is InChI=1S/C16H12O2/c17-15(12-6-2-1-3-7-12)11-14-10-13-8-4-5-9-16(13)18-14/h1-10H,11H2. The summed E-state index contributed by atoms with van der Waals surface area (Å²) in [6.07, 6.45) is 0.304. The fourth-order valence-corrected chi connectivity index (χ4v) is 2.01. The molecule has 0 saturated carbocycles. The van der Waals surface area contributed by atoms with Gasteiger partial charge in [-0.2, -0.15) is 0 Å². The van der Waals surface area contributed by atoms with Gasteiger partial charge in [0.15, 0.2) is 5.78 Å². The van der Waals surface area contributed by atoms with Crippen LogP contribution in [0.25, 0.3) is 11.0 Å². The predicted octanol–water partition coefficient (Wildman–Crippen LogP) is 3.86. The number of carbonyl (C=O) groups is 1. The van der Waals surface area contributed by atoms with Gasteiger partial charge in [-0.25, -0.2) is 0 Å². The molecule has 0 bridgehead atoms. The molecule has 0 fully saturated rings. The number of para-hydroxylation sites is 1. The van der Waals surface area contributed by atoms with Gasteiger partial charge in [0.2, 0.25) is 0 Å². The van der Waals surface area contributed by atoms with Gasteiger partial charge in [-0.3, -0.25) is 4.79 Å². The SMILES string of the molecule is O=C(Cc1cc2ccccc2o1)c1ccccc1. The summed E-state index contributed by atoms with van der Waals surface area (Å²) in [5.41, 5.74) is 1.55. The van der Waals surface area contributed by atoms with E-state index in [0.29, 0.717) is 12.2 Å². The van der Waals surface area contributed by atoms with Crippen molar-refractivity contribution in [1.82, 2.24) is 0 Å². The molecule has 3 rings (SSSR count). The third-order valence-corrected chi connectivity index (χ3v) is 2.91. The van der Waals surface area contributed by atoms with Crippen LogP contribution in [0.3, 0.4) is 0 Å². The Morgan fingerprint density at radius 2 is 1.67 bits per heavy atom. The third kappa shape index (κ3) is 2.05. The Morgan fingerprint density at radius 3 is 2.44 bits per heavy atom. The lowest BCUT2D eigenvalue weighted by atomic mass is 10.1. The first-order chi connectivity index (χ1) is 8.83. The Hall–Kier alpha value is -2.35. The van der Waals surface area contributed by atoms with Crippen LogP contribution in [-0.4, -0.2) is 5.78 Å². The zero-order valence-electron chi connectivity index (χ0n) is 9.80. The van der Waals surface area contributed by atoms with E-state index in [0.717, 1.165) is 16.5 Å². The predicted molar refractivity (Wildman–Crippen MR) is 70.7 cm³/mol. The summed E-state index contributed by atoms with van der Waals surface area (Å²) in [5.74, 6) is 0.791. The largest absolute Gasteiger partial charge is 0.461 e. The first-order valence-corrected chi connectivity index (χ1v) is 5.88. The van der Waals surface area contributed by atoms with E-state index < -0.39 is 0 Å². The normalized spacial score (nSPS) is 10.7. The van der Waals surface area contributed by atoms with Gasteiger partial charge in [0.25, 0.3) is 0 Å². The van der Waals surface area contributed by atoms with Crippen LogP contribution in [0.1, 0.15) is 16.1 Å². The van der Waals surface area contributed by atoms with Crippen molar-refractivity contribution in [3.63, 3.8) is 0 Å². The molecule has 88 valence electrons. The quantitative estimate of drug-likeness (QED) is 0.646. The molecule has 0 aliphatic heterocycles. The first kappa shape index (κ1) is 10.8. The van der Waals surface area contributed by atoms with Crippen LogP contribution in [-0.2, 0) is 6.42 Å². The van der Waals surface area contributed by atoms with Crippen molar-refractivity contribution in [1.29, 1.82) is 0 Å². The number of fused-ring (bicyclic) bond motifs is 1. The number of furan rings is 1. The van der Waals surface area contributed by atoms with Crippen LogP contribution in [0.4, 0.5) is 0 Å². The molecule has 3 aromatic rings. The Kier molecular flexibility index (Phi) is 2.69. The molecule has 0 radical (unpaired) electrons. The topological polar surface area (TPSA) is 30.2 Å². The summed E-state index contributed by atoms with van der Waals surface area (Å²) < 4.78 is 5.64. The van der Waals surface area contributed by atoms with E-state index in [9.17, 15) is 4.79 Å². The van der Waals surface area contributed by atoms with E-state index in [1.165, 1.54) is 0 Å². The molecule has 0 saturated heterocycles. The van der Waals surface area contributed by atoms with Crippen molar-refractivity contribution in [3.05, 3.63) is 72.0 Å². The third-order valence-electron chi connectivity index (χ3n) is 2.91. The molecule has 0 amide bonds. The van der Waals surface area contributed by atoms with Gasteiger partial charge >= 0.3 is 0 Å². The van der Waals surface area contributed by atoms with Crippen molar-refractivity contribution in [3.8, 4) is 0 Å². The molecule has 0 aliphatic carbocycles. The van der Waals surface area contributed by atoms with Crippen molar-refractivity contribution in [2.45, 2.75) is 6.42 Å². The first-order valence-electron chi connectivity index (χ1n) is 5.88. The van der Waals surface area contributed by atoms with Crippen LogP contribution < -0.4 is 0 Å². The number of Topliss-reactive ketones (excluding diaryl/α,β-unsaturated/α-hetero) is 1. The van der Waals surface area contributed by atoms with Crippen LogP contribution in [0.2, 0.25) is 0 Å². The summed E-state index contributed by atoms with van der Waals surface area (Å²) in [5, 5.41) is 1.04. The Morgan fingerprint density at radius 1 is 0.944 bits per heavy atom. The van der Waals surface area contributed by atoms with E-state index >= 15 is 0 Å². The van der Waals surface area contributed by atoms with E-state index in [-0.39, 0.29) is 5.78 Å². The van der Waals surface area contributed by atoms with E-state index in [2.05, 4.69) is 0 Å². The second-order valence-electron chi connectivity index (χ2n) is 4.22. The highest BCUT2D eigenvalue weighted by atomic mass is 16.3. The molecule has 2 aromatic carbocycles. The maximum absolute atomic E-state index is 12.0. The minimum atomic E-state index is 0.0784. The number of carbonyl (C=O) groups excluding carboxylic acids is 1. The fraction of sp³-hybridized carbons (Fsp3) is 0.0625. The molecular weight excluding hydrogens is 224 g/mol. The van der Waals surface area contributed by atoms with Crippen LogP contribution in [0.5, 0.6) is 0 Å². The summed E-state index contributed by atoms with van der Waals surface area (Å²) in [7, 11) is 0. The number of rotatable bonds is 3. The Bertz CT molecular complexity index is 647. The second kappa shape index (κ2) is 4.49. The number of hydrogen-bond acceptors (Lipinski definition) is 2. The second-order valence-corrected chi connectivity index (χ2v) is 4.22. The van der Waals surface area contributed by atoms with E-state index in [1.807, 2.05) is 60.7 Å². The van der Waals surface area contributed by atoms with Gasteiger partial charge < -0.3 is 4.42 Å².